The second-order valence-corrected chi connectivity index (χ2v) is 4.89. The predicted octanol–water partition coefficient (Wildman–Crippen LogP) is 4.62. The Morgan fingerprint density at radius 1 is 0.619 bits per heavy atom. The molecule has 104 valence electrons. The van der Waals surface area contributed by atoms with E-state index in [0.717, 1.165) is 22.3 Å². The first-order chi connectivity index (χ1) is 10.3. The van der Waals surface area contributed by atoms with Crippen LogP contribution in [-0.2, 0) is 6.54 Å². The van der Waals surface area contributed by atoms with Gasteiger partial charge in [0.05, 0.1) is 0 Å². The molecule has 1 nitrogen and oxygen atoms in total. The minimum Gasteiger partial charge on any atom is -0.326 e. The summed E-state index contributed by atoms with van der Waals surface area (Å²) < 4.78 is 14.1. The molecule has 0 saturated carbocycles. The molecule has 3 aromatic carbocycles. The van der Waals surface area contributed by atoms with Crippen molar-refractivity contribution in [2.45, 2.75) is 6.54 Å². The van der Waals surface area contributed by atoms with Crippen LogP contribution in [0.15, 0.2) is 72.8 Å². The molecule has 0 saturated heterocycles. The lowest BCUT2D eigenvalue weighted by Gasteiger charge is -2.13. The normalized spacial score (nSPS) is 10.6. The Morgan fingerprint density at radius 3 is 1.71 bits per heavy atom. The smallest absolute Gasteiger partial charge is 0.131 e. The molecule has 0 heterocycles. The summed E-state index contributed by atoms with van der Waals surface area (Å²) in [5.74, 6) is -0.213. The summed E-state index contributed by atoms with van der Waals surface area (Å²) in [7, 11) is 0. The highest BCUT2D eigenvalue weighted by Crippen LogP contribution is 2.34. The SMILES string of the molecule is NCc1ccccc1-c1ccccc1-c1ccccc1F. The molecule has 2 N–H and O–H groups in total. The Balaban J connectivity index is 2.24. The average molecular weight is 277 g/mol. The molecule has 0 aliphatic rings. The molecule has 0 bridgehead atoms. The molecule has 0 aromatic heterocycles. The van der Waals surface area contributed by atoms with Crippen molar-refractivity contribution in [1.29, 1.82) is 0 Å². The van der Waals surface area contributed by atoms with Gasteiger partial charge >= 0.3 is 0 Å². The van der Waals surface area contributed by atoms with E-state index in [2.05, 4.69) is 0 Å². The zero-order valence-electron chi connectivity index (χ0n) is 11.6. The van der Waals surface area contributed by atoms with Crippen molar-refractivity contribution < 1.29 is 4.39 Å². The molecule has 2 heteroatoms. The van der Waals surface area contributed by atoms with Crippen molar-refractivity contribution in [3.8, 4) is 22.3 Å². The summed E-state index contributed by atoms with van der Waals surface area (Å²) in [6.45, 7) is 0.460. The molecule has 0 atom stereocenters. The van der Waals surface area contributed by atoms with Crippen molar-refractivity contribution in [2.75, 3.05) is 0 Å². The van der Waals surface area contributed by atoms with E-state index in [-0.39, 0.29) is 5.82 Å². The summed E-state index contributed by atoms with van der Waals surface area (Å²) in [4.78, 5) is 0. The van der Waals surface area contributed by atoms with Crippen LogP contribution < -0.4 is 5.73 Å². The number of hydrogen-bond acceptors (Lipinski definition) is 1. The molecular formula is C19H16FN. The quantitative estimate of drug-likeness (QED) is 0.742. The van der Waals surface area contributed by atoms with Crippen LogP contribution in [0.2, 0.25) is 0 Å². The minimum absolute atomic E-state index is 0.213. The van der Waals surface area contributed by atoms with Crippen LogP contribution in [0.25, 0.3) is 22.3 Å². The van der Waals surface area contributed by atoms with E-state index in [0.29, 0.717) is 12.1 Å². The number of benzene rings is 3. The molecule has 21 heavy (non-hydrogen) atoms. The highest BCUT2D eigenvalue weighted by molar-refractivity contribution is 5.85. The third kappa shape index (κ3) is 2.58. The summed E-state index contributed by atoms with van der Waals surface area (Å²) in [5, 5.41) is 0. The molecule has 0 radical (unpaired) electrons. The first-order valence-corrected chi connectivity index (χ1v) is 6.93. The number of hydrogen-bond donors (Lipinski definition) is 1. The third-order valence-electron chi connectivity index (χ3n) is 3.62. The van der Waals surface area contributed by atoms with Crippen molar-refractivity contribution >= 4 is 0 Å². The lowest BCUT2D eigenvalue weighted by Crippen LogP contribution is -1.99. The van der Waals surface area contributed by atoms with Crippen molar-refractivity contribution in [3.05, 3.63) is 84.2 Å². The van der Waals surface area contributed by atoms with Crippen LogP contribution in [0.5, 0.6) is 0 Å². The lowest BCUT2D eigenvalue weighted by atomic mass is 9.91. The minimum atomic E-state index is -0.213. The number of halogens is 1. The number of rotatable bonds is 3. The Hall–Kier alpha value is -2.45. The first-order valence-electron chi connectivity index (χ1n) is 6.93. The van der Waals surface area contributed by atoms with Crippen LogP contribution in [0, 0.1) is 5.82 Å². The van der Waals surface area contributed by atoms with E-state index in [1.807, 2.05) is 54.6 Å². The van der Waals surface area contributed by atoms with Gasteiger partial charge in [-0.15, -0.1) is 0 Å². The topological polar surface area (TPSA) is 26.0 Å². The van der Waals surface area contributed by atoms with E-state index in [9.17, 15) is 4.39 Å². The summed E-state index contributed by atoms with van der Waals surface area (Å²) in [5.41, 5.74) is 10.4. The van der Waals surface area contributed by atoms with Crippen molar-refractivity contribution in [2.24, 2.45) is 5.73 Å². The van der Waals surface area contributed by atoms with E-state index < -0.39 is 0 Å². The van der Waals surface area contributed by atoms with E-state index in [1.165, 1.54) is 6.07 Å². The first kappa shape index (κ1) is 13.5. The zero-order chi connectivity index (χ0) is 14.7. The van der Waals surface area contributed by atoms with Gasteiger partial charge in [-0.2, -0.15) is 0 Å². The van der Waals surface area contributed by atoms with Crippen LogP contribution >= 0.6 is 0 Å². The zero-order valence-corrected chi connectivity index (χ0v) is 11.6. The van der Waals surface area contributed by atoms with E-state index >= 15 is 0 Å². The standard InChI is InChI=1S/C19H16FN/c20-19-12-6-5-11-18(19)17-10-4-3-9-16(17)15-8-2-1-7-14(15)13-21/h1-12H,13,21H2. The Kier molecular flexibility index (Phi) is 3.80. The molecule has 0 unspecified atom stereocenters. The molecule has 0 aliphatic carbocycles. The van der Waals surface area contributed by atoms with Crippen molar-refractivity contribution in [3.63, 3.8) is 0 Å². The maximum Gasteiger partial charge on any atom is 0.131 e. The Labute approximate surface area is 123 Å². The molecule has 0 amide bonds. The maximum absolute atomic E-state index is 14.1. The molecule has 0 aliphatic heterocycles. The van der Waals surface area contributed by atoms with Gasteiger partial charge in [-0.25, -0.2) is 4.39 Å². The number of nitrogens with two attached hydrogens (primary N) is 1. The van der Waals surface area contributed by atoms with Crippen LogP contribution in [0.3, 0.4) is 0 Å². The van der Waals surface area contributed by atoms with Gasteiger partial charge in [-0.1, -0.05) is 66.7 Å². The molecule has 0 spiro atoms. The van der Waals surface area contributed by atoms with Gasteiger partial charge in [0.25, 0.3) is 0 Å². The van der Waals surface area contributed by atoms with Crippen LogP contribution in [-0.4, -0.2) is 0 Å². The highest BCUT2D eigenvalue weighted by Gasteiger charge is 2.12. The molecule has 3 rings (SSSR count). The summed E-state index contributed by atoms with van der Waals surface area (Å²) in [6.07, 6.45) is 0. The van der Waals surface area contributed by atoms with Gasteiger partial charge in [0.15, 0.2) is 0 Å². The van der Waals surface area contributed by atoms with E-state index in [4.69, 9.17) is 5.73 Å². The summed E-state index contributed by atoms with van der Waals surface area (Å²) in [6, 6.07) is 22.7. The van der Waals surface area contributed by atoms with Gasteiger partial charge in [-0.05, 0) is 28.3 Å². The van der Waals surface area contributed by atoms with Gasteiger partial charge in [0.2, 0.25) is 0 Å². The second-order valence-electron chi connectivity index (χ2n) is 4.89. The van der Waals surface area contributed by atoms with Crippen LogP contribution in [0.1, 0.15) is 5.56 Å². The fourth-order valence-corrected chi connectivity index (χ4v) is 2.59. The van der Waals surface area contributed by atoms with Crippen molar-refractivity contribution in [1.82, 2.24) is 0 Å². The predicted molar refractivity (Wildman–Crippen MR) is 85.2 cm³/mol. The lowest BCUT2D eigenvalue weighted by molar-refractivity contribution is 0.631. The fraction of sp³-hybridized carbons (Fsp3) is 0.0526. The molecule has 3 aromatic rings. The Morgan fingerprint density at radius 2 is 1.10 bits per heavy atom. The van der Waals surface area contributed by atoms with E-state index in [1.54, 1.807) is 12.1 Å². The fourth-order valence-electron chi connectivity index (χ4n) is 2.59. The third-order valence-corrected chi connectivity index (χ3v) is 3.62. The maximum atomic E-state index is 14.1. The van der Waals surface area contributed by atoms with Gasteiger partial charge in [0.1, 0.15) is 5.82 Å². The van der Waals surface area contributed by atoms with Gasteiger partial charge < -0.3 is 5.73 Å². The molecular weight excluding hydrogens is 261 g/mol. The largest absolute Gasteiger partial charge is 0.326 e. The van der Waals surface area contributed by atoms with Gasteiger partial charge in [-0.3, -0.25) is 0 Å². The second kappa shape index (κ2) is 5.90. The summed E-state index contributed by atoms with van der Waals surface area (Å²) >= 11 is 0. The van der Waals surface area contributed by atoms with Gasteiger partial charge in [0, 0.05) is 12.1 Å². The monoisotopic (exact) mass is 277 g/mol. The highest BCUT2D eigenvalue weighted by atomic mass is 19.1. The van der Waals surface area contributed by atoms with Crippen LogP contribution in [0.4, 0.5) is 4.39 Å². The Bertz CT molecular complexity index is 765. The molecule has 0 fully saturated rings. The average Bonchev–Trinajstić information content (AvgIpc) is 2.55.